The van der Waals surface area contributed by atoms with Crippen molar-refractivity contribution in [2.75, 3.05) is 26.4 Å². The number of ether oxygens (including phenoxy) is 3. The molecule has 0 radical (unpaired) electrons. The van der Waals surface area contributed by atoms with E-state index in [0.717, 1.165) is 35.5 Å². The van der Waals surface area contributed by atoms with E-state index in [0.29, 0.717) is 29.0 Å². The Hall–Kier alpha value is -2.91. The number of nitrogens with zero attached hydrogens (tertiary/aromatic N) is 1. The summed E-state index contributed by atoms with van der Waals surface area (Å²) in [5, 5.41) is 2.81. The van der Waals surface area contributed by atoms with Crippen molar-refractivity contribution in [3.8, 4) is 5.75 Å². The van der Waals surface area contributed by atoms with E-state index >= 15 is 0 Å². The second-order valence-corrected chi connectivity index (χ2v) is 8.24. The fourth-order valence-electron chi connectivity index (χ4n) is 3.29. The molecule has 1 aromatic heterocycles. The van der Waals surface area contributed by atoms with Gasteiger partial charge < -0.3 is 19.5 Å². The standard InChI is InChI=1S/C23H28N2O6S/c1-3-29-17-9-7-16(8-10-17)12-19-23(28)25(21(32-19)13-22(27)30-4-2)15-20(26)24-14-18-6-5-11-31-18/h7-10,12-13,18H,3-6,11,14-15H2,1-2H3,(H,24,26)/b19-12+,21-13-. The highest BCUT2D eigenvalue weighted by Gasteiger charge is 2.17. The van der Waals surface area contributed by atoms with E-state index in [4.69, 9.17) is 14.2 Å². The maximum absolute atomic E-state index is 13.0. The quantitative estimate of drug-likeness (QED) is 0.556. The summed E-state index contributed by atoms with van der Waals surface area (Å²) in [5.74, 6) is -0.131. The van der Waals surface area contributed by atoms with Crippen LogP contribution in [0.15, 0.2) is 29.1 Å². The Bertz CT molecular complexity index is 1100. The summed E-state index contributed by atoms with van der Waals surface area (Å²) < 4.78 is 18.0. The summed E-state index contributed by atoms with van der Waals surface area (Å²) in [6.45, 7) is 5.32. The Balaban J connectivity index is 1.88. The number of hydrogen-bond acceptors (Lipinski definition) is 7. The first-order valence-corrected chi connectivity index (χ1v) is 11.5. The van der Waals surface area contributed by atoms with E-state index < -0.39 is 5.97 Å². The van der Waals surface area contributed by atoms with E-state index in [1.165, 1.54) is 10.6 Å². The van der Waals surface area contributed by atoms with Crippen molar-refractivity contribution in [2.24, 2.45) is 0 Å². The van der Waals surface area contributed by atoms with Gasteiger partial charge in [-0.2, -0.15) is 0 Å². The van der Waals surface area contributed by atoms with Crippen molar-refractivity contribution < 1.29 is 23.8 Å². The molecule has 32 heavy (non-hydrogen) atoms. The van der Waals surface area contributed by atoms with Crippen LogP contribution in [0.1, 0.15) is 32.3 Å². The smallest absolute Gasteiger partial charge is 0.333 e. The lowest BCUT2D eigenvalue weighted by atomic mass is 10.2. The number of thiazole rings is 1. The van der Waals surface area contributed by atoms with E-state index in [9.17, 15) is 14.4 Å². The minimum Gasteiger partial charge on any atom is -0.494 e. The Kier molecular flexibility index (Phi) is 8.64. The molecule has 172 valence electrons. The van der Waals surface area contributed by atoms with Crippen molar-refractivity contribution >= 4 is 35.4 Å². The summed E-state index contributed by atoms with van der Waals surface area (Å²) in [5.41, 5.74) is 0.469. The van der Waals surface area contributed by atoms with Gasteiger partial charge >= 0.3 is 5.97 Å². The number of carbonyl (C=O) groups is 2. The van der Waals surface area contributed by atoms with Gasteiger partial charge in [0.05, 0.1) is 29.9 Å². The molecule has 0 saturated carbocycles. The van der Waals surface area contributed by atoms with E-state index in [-0.39, 0.29) is 30.7 Å². The maximum atomic E-state index is 13.0. The van der Waals surface area contributed by atoms with Gasteiger partial charge in [0, 0.05) is 13.2 Å². The van der Waals surface area contributed by atoms with Crippen molar-refractivity contribution in [2.45, 2.75) is 39.3 Å². The Morgan fingerprint density at radius 1 is 1.25 bits per heavy atom. The average molecular weight is 461 g/mol. The fourth-order valence-corrected chi connectivity index (χ4v) is 4.32. The molecule has 1 saturated heterocycles. The van der Waals surface area contributed by atoms with Gasteiger partial charge in [0.2, 0.25) is 5.91 Å². The molecule has 0 bridgehead atoms. The van der Waals surface area contributed by atoms with Gasteiger partial charge in [-0.3, -0.25) is 14.2 Å². The average Bonchev–Trinajstić information content (AvgIpc) is 3.38. The van der Waals surface area contributed by atoms with Gasteiger partial charge in [0.25, 0.3) is 5.56 Å². The monoisotopic (exact) mass is 460 g/mol. The molecule has 1 atom stereocenters. The van der Waals surface area contributed by atoms with Crippen LogP contribution in [0.2, 0.25) is 0 Å². The molecule has 8 nitrogen and oxygen atoms in total. The van der Waals surface area contributed by atoms with Gasteiger partial charge in [-0.25, -0.2) is 4.79 Å². The summed E-state index contributed by atoms with van der Waals surface area (Å²) in [6, 6.07) is 7.34. The van der Waals surface area contributed by atoms with Gasteiger partial charge in [-0.05, 0) is 50.5 Å². The van der Waals surface area contributed by atoms with E-state index in [1.54, 1.807) is 13.0 Å². The highest BCUT2D eigenvalue weighted by atomic mass is 32.1. The number of carbonyl (C=O) groups excluding carboxylic acids is 2. The van der Waals surface area contributed by atoms with Crippen LogP contribution in [-0.4, -0.2) is 48.9 Å². The summed E-state index contributed by atoms with van der Waals surface area (Å²) in [7, 11) is 0. The number of rotatable bonds is 9. The van der Waals surface area contributed by atoms with Crippen LogP contribution in [0.25, 0.3) is 12.2 Å². The molecule has 2 heterocycles. The second kappa shape index (κ2) is 11.6. The van der Waals surface area contributed by atoms with Gasteiger partial charge in [-0.1, -0.05) is 12.1 Å². The third-order valence-electron chi connectivity index (χ3n) is 4.81. The summed E-state index contributed by atoms with van der Waals surface area (Å²) in [6.07, 6.45) is 4.87. The van der Waals surface area contributed by atoms with Crippen LogP contribution in [0, 0.1) is 0 Å². The first-order chi connectivity index (χ1) is 15.5. The zero-order valence-corrected chi connectivity index (χ0v) is 19.1. The van der Waals surface area contributed by atoms with Crippen molar-refractivity contribution in [1.82, 2.24) is 9.88 Å². The molecule has 2 aromatic rings. The van der Waals surface area contributed by atoms with Gasteiger partial charge in [0.1, 0.15) is 17.0 Å². The number of nitrogens with one attached hydrogen (secondary N) is 1. The zero-order chi connectivity index (χ0) is 22.9. The molecule has 1 N–H and O–H groups in total. The van der Waals surface area contributed by atoms with E-state index in [2.05, 4.69) is 5.32 Å². The lowest BCUT2D eigenvalue weighted by Crippen LogP contribution is -2.40. The number of amides is 1. The van der Waals surface area contributed by atoms with Crippen LogP contribution in [0.5, 0.6) is 5.75 Å². The molecule has 1 aromatic carbocycles. The Labute approximate surface area is 190 Å². The molecule has 9 heteroatoms. The minimum atomic E-state index is -0.560. The third kappa shape index (κ3) is 6.54. The van der Waals surface area contributed by atoms with Crippen LogP contribution in [0.4, 0.5) is 0 Å². The second-order valence-electron chi connectivity index (χ2n) is 7.18. The molecular weight excluding hydrogens is 432 g/mol. The van der Waals surface area contributed by atoms with Crippen LogP contribution in [0.3, 0.4) is 0 Å². The number of benzene rings is 1. The highest BCUT2D eigenvalue weighted by molar-refractivity contribution is 7.07. The van der Waals surface area contributed by atoms with Crippen molar-refractivity contribution in [1.29, 1.82) is 0 Å². The van der Waals surface area contributed by atoms with Crippen molar-refractivity contribution in [3.63, 3.8) is 0 Å². The van der Waals surface area contributed by atoms with Gasteiger partial charge in [0.15, 0.2) is 0 Å². The molecule has 3 rings (SSSR count). The molecule has 1 amide bonds. The molecule has 0 spiro atoms. The van der Waals surface area contributed by atoms with Crippen molar-refractivity contribution in [3.05, 3.63) is 49.4 Å². The summed E-state index contributed by atoms with van der Waals surface area (Å²) >= 11 is 1.14. The Morgan fingerprint density at radius 2 is 2.03 bits per heavy atom. The van der Waals surface area contributed by atoms with Crippen LogP contribution >= 0.6 is 11.3 Å². The maximum Gasteiger partial charge on any atom is 0.333 e. The fraction of sp³-hybridized carbons (Fsp3) is 0.435. The predicted octanol–water partition coefficient (Wildman–Crippen LogP) is 0.776. The molecule has 1 fully saturated rings. The predicted molar refractivity (Wildman–Crippen MR) is 122 cm³/mol. The first-order valence-electron chi connectivity index (χ1n) is 10.7. The first kappa shape index (κ1) is 23.7. The highest BCUT2D eigenvalue weighted by Crippen LogP contribution is 2.12. The molecule has 1 unspecified atom stereocenters. The summed E-state index contributed by atoms with van der Waals surface area (Å²) in [4.78, 5) is 37.5. The third-order valence-corrected chi connectivity index (χ3v) is 5.87. The largest absolute Gasteiger partial charge is 0.494 e. The van der Waals surface area contributed by atoms with Gasteiger partial charge in [-0.15, -0.1) is 11.3 Å². The molecule has 1 aliphatic rings. The Morgan fingerprint density at radius 3 is 2.69 bits per heavy atom. The molecular formula is C23H28N2O6S. The lowest BCUT2D eigenvalue weighted by molar-refractivity contribution is -0.135. The normalized spacial score (nSPS) is 16.9. The SMILES string of the molecule is CCOC(=O)/C=c1\s/c(=C/c2ccc(OCC)cc2)c(=O)n1CC(=O)NCC1CCCO1. The van der Waals surface area contributed by atoms with Crippen LogP contribution in [-0.2, 0) is 25.6 Å². The number of aromatic nitrogens is 1. The zero-order valence-electron chi connectivity index (χ0n) is 18.3. The number of hydrogen-bond donors (Lipinski definition) is 1. The van der Waals surface area contributed by atoms with E-state index in [1.807, 2.05) is 31.2 Å². The minimum absolute atomic E-state index is 0.00673. The lowest BCUT2D eigenvalue weighted by Gasteiger charge is -2.10. The topological polar surface area (TPSA) is 95.9 Å². The molecule has 0 aliphatic carbocycles. The molecule has 1 aliphatic heterocycles. The number of esters is 1. The van der Waals surface area contributed by atoms with Crippen LogP contribution < -0.4 is 24.8 Å².